The van der Waals surface area contributed by atoms with Crippen LogP contribution in [0, 0.1) is 0 Å². The zero-order valence-electron chi connectivity index (χ0n) is 10.9. The summed E-state index contributed by atoms with van der Waals surface area (Å²) < 4.78 is 10.9. The van der Waals surface area contributed by atoms with Gasteiger partial charge < -0.3 is 14.8 Å². The largest absolute Gasteiger partial charge is 0.487 e. The lowest BCUT2D eigenvalue weighted by Crippen LogP contribution is -2.38. The van der Waals surface area contributed by atoms with Crippen molar-refractivity contribution in [3.8, 4) is 5.75 Å². The Hall–Kier alpha value is -0.480. The lowest BCUT2D eigenvalue weighted by molar-refractivity contribution is 0.0794. The molecule has 0 saturated carbocycles. The Morgan fingerprint density at radius 1 is 1.22 bits per heavy atom. The highest BCUT2D eigenvalue weighted by Crippen LogP contribution is 2.26. The van der Waals surface area contributed by atoms with E-state index in [2.05, 4.69) is 19.2 Å². The fraction of sp³-hybridized carbons (Fsp3) is 0.538. The summed E-state index contributed by atoms with van der Waals surface area (Å²) in [6, 6.07) is 5.63. The van der Waals surface area contributed by atoms with Crippen LogP contribution >= 0.6 is 23.2 Å². The minimum absolute atomic E-state index is 0.0605. The van der Waals surface area contributed by atoms with Crippen LogP contribution in [0.1, 0.15) is 13.8 Å². The first kappa shape index (κ1) is 15.6. The van der Waals surface area contributed by atoms with Gasteiger partial charge in [0, 0.05) is 25.8 Å². The van der Waals surface area contributed by atoms with E-state index in [-0.39, 0.29) is 6.10 Å². The van der Waals surface area contributed by atoms with Gasteiger partial charge in [-0.2, -0.15) is 0 Å². The smallest absolute Gasteiger partial charge is 0.134 e. The summed E-state index contributed by atoms with van der Waals surface area (Å²) >= 11 is 11.8. The van der Waals surface area contributed by atoms with Gasteiger partial charge in [-0.05, 0) is 12.1 Å². The maximum absolute atomic E-state index is 5.94. The highest BCUT2D eigenvalue weighted by Gasteiger charge is 2.11. The van der Waals surface area contributed by atoms with Crippen molar-refractivity contribution in [2.75, 3.05) is 20.3 Å². The van der Waals surface area contributed by atoms with Crippen LogP contribution in [0.4, 0.5) is 0 Å². The fourth-order valence-electron chi connectivity index (χ4n) is 1.43. The molecule has 1 unspecified atom stereocenters. The number of halogens is 2. The molecule has 1 rings (SSSR count). The van der Waals surface area contributed by atoms with Gasteiger partial charge in [0.2, 0.25) is 0 Å². The van der Waals surface area contributed by atoms with E-state index >= 15 is 0 Å². The molecule has 0 amide bonds. The van der Waals surface area contributed by atoms with E-state index < -0.39 is 0 Å². The Bertz CT molecular complexity index is 372. The lowest BCUT2D eigenvalue weighted by atomic mass is 10.3. The molecule has 0 radical (unpaired) electrons. The Morgan fingerprint density at radius 3 is 2.50 bits per heavy atom. The second kappa shape index (κ2) is 7.85. The number of hydrogen-bond acceptors (Lipinski definition) is 3. The highest BCUT2D eigenvalue weighted by molar-refractivity contribution is 6.42. The Balaban J connectivity index is 2.61. The quantitative estimate of drug-likeness (QED) is 0.835. The highest BCUT2D eigenvalue weighted by atomic mass is 35.5. The normalized spacial score (nSPS) is 12.8. The van der Waals surface area contributed by atoms with Crippen molar-refractivity contribution in [3.05, 3.63) is 28.2 Å². The molecule has 1 aromatic rings. The number of ether oxygens (including phenoxy) is 2. The van der Waals surface area contributed by atoms with Crippen LogP contribution in [-0.4, -0.2) is 32.4 Å². The zero-order valence-corrected chi connectivity index (χ0v) is 12.4. The van der Waals surface area contributed by atoms with Crippen molar-refractivity contribution in [1.82, 2.24) is 5.32 Å². The molecule has 0 fully saturated rings. The molecule has 1 aromatic carbocycles. The predicted octanol–water partition coefficient (Wildman–Crippen LogP) is 3.39. The second-order valence-corrected chi connectivity index (χ2v) is 5.15. The Morgan fingerprint density at radius 2 is 1.94 bits per heavy atom. The summed E-state index contributed by atoms with van der Waals surface area (Å²) in [5.74, 6) is 0.692. The number of methoxy groups -OCH3 is 1. The molecule has 102 valence electrons. The molecule has 0 bridgehead atoms. The van der Waals surface area contributed by atoms with E-state index in [0.717, 1.165) is 0 Å². The lowest BCUT2D eigenvalue weighted by Gasteiger charge is -2.20. The van der Waals surface area contributed by atoms with Gasteiger partial charge >= 0.3 is 0 Å². The van der Waals surface area contributed by atoms with E-state index in [1.807, 2.05) is 0 Å². The van der Waals surface area contributed by atoms with Gasteiger partial charge in [0.05, 0.1) is 16.7 Å². The van der Waals surface area contributed by atoms with Crippen LogP contribution in [0.15, 0.2) is 18.2 Å². The van der Waals surface area contributed by atoms with Crippen molar-refractivity contribution < 1.29 is 9.47 Å². The van der Waals surface area contributed by atoms with Crippen molar-refractivity contribution in [1.29, 1.82) is 0 Å². The molecular weight excluding hydrogens is 273 g/mol. The van der Waals surface area contributed by atoms with E-state index in [1.54, 1.807) is 25.3 Å². The van der Waals surface area contributed by atoms with Crippen molar-refractivity contribution >= 4 is 23.2 Å². The molecule has 0 saturated heterocycles. The SMILES string of the molecule is COCC(CNC(C)C)Oc1ccc(Cl)c(Cl)c1. The number of benzene rings is 1. The van der Waals surface area contributed by atoms with Gasteiger partial charge in [0.25, 0.3) is 0 Å². The van der Waals surface area contributed by atoms with Crippen LogP contribution in [0.25, 0.3) is 0 Å². The van der Waals surface area contributed by atoms with E-state index in [0.29, 0.717) is 35.0 Å². The molecule has 18 heavy (non-hydrogen) atoms. The van der Waals surface area contributed by atoms with Gasteiger partial charge in [0.1, 0.15) is 11.9 Å². The van der Waals surface area contributed by atoms with Crippen LogP contribution in [-0.2, 0) is 4.74 Å². The van der Waals surface area contributed by atoms with Crippen molar-refractivity contribution in [3.63, 3.8) is 0 Å². The molecule has 0 aliphatic carbocycles. The standard InChI is InChI=1S/C13H19Cl2NO2/c1-9(2)16-7-11(8-17-3)18-10-4-5-12(14)13(15)6-10/h4-6,9,11,16H,7-8H2,1-3H3. The molecule has 0 aliphatic heterocycles. The van der Waals surface area contributed by atoms with Crippen LogP contribution in [0.5, 0.6) is 5.75 Å². The van der Waals surface area contributed by atoms with Gasteiger partial charge in [0.15, 0.2) is 0 Å². The van der Waals surface area contributed by atoms with E-state index in [4.69, 9.17) is 32.7 Å². The monoisotopic (exact) mass is 291 g/mol. The summed E-state index contributed by atoms with van der Waals surface area (Å²) in [7, 11) is 1.65. The summed E-state index contributed by atoms with van der Waals surface area (Å²) in [6.07, 6.45) is -0.0605. The molecule has 0 heterocycles. The maximum Gasteiger partial charge on any atom is 0.134 e. The van der Waals surface area contributed by atoms with E-state index in [9.17, 15) is 0 Å². The average molecular weight is 292 g/mol. The summed E-state index contributed by atoms with van der Waals surface area (Å²) in [4.78, 5) is 0. The minimum atomic E-state index is -0.0605. The number of rotatable bonds is 7. The van der Waals surface area contributed by atoms with Gasteiger partial charge in [-0.25, -0.2) is 0 Å². The molecule has 0 aromatic heterocycles. The maximum atomic E-state index is 5.94. The second-order valence-electron chi connectivity index (χ2n) is 4.33. The van der Waals surface area contributed by atoms with Crippen LogP contribution in [0.2, 0.25) is 10.0 Å². The summed E-state index contributed by atoms with van der Waals surface area (Å²) in [5.41, 5.74) is 0. The third-order valence-corrected chi connectivity index (χ3v) is 3.04. The molecule has 1 N–H and O–H groups in total. The first-order valence-corrected chi connectivity index (χ1v) is 6.62. The molecule has 3 nitrogen and oxygen atoms in total. The van der Waals surface area contributed by atoms with Gasteiger partial charge in [-0.3, -0.25) is 0 Å². The topological polar surface area (TPSA) is 30.5 Å². The van der Waals surface area contributed by atoms with Crippen molar-refractivity contribution in [2.24, 2.45) is 0 Å². The number of hydrogen-bond donors (Lipinski definition) is 1. The van der Waals surface area contributed by atoms with Gasteiger partial charge in [-0.15, -0.1) is 0 Å². The zero-order chi connectivity index (χ0) is 13.5. The van der Waals surface area contributed by atoms with Gasteiger partial charge in [-0.1, -0.05) is 37.0 Å². The molecular formula is C13H19Cl2NO2. The molecule has 1 atom stereocenters. The Labute approximate surface area is 118 Å². The summed E-state index contributed by atoms with van der Waals surface area (Å²) in [5, 5.41) is 4.32. The van der Waals surface area contributed by atoms with Crippen LogP contribution < -0.4 is 10.1 Å². The number of nitrogens with one attached hydrogen (secondary N) is 1. The third-order valence-electron chi connectivity index (χ3n) is 2.30. The first-order chi connectivity index (χ1) is 8.52. The third kappa shape index (κ3) is 5.44. The molecule has 0 aliphatic rings. The van der Waals surface area contributed by atoms with Crippen molar-refractivity contribution in [2.45, 2.75) is 26.0 Å². The summed E-state index contributed by atoms with van der Waals surface area (Å²) in [6.45, 7) is 5.40. The molecule has 5 heteroatoms. The first-order valence-electron chi connectivity index (χ1n) is 5.87. The minimum Gasteiger partial charge on any atom is -0.487 e. The predicted molar refractivity (Wildman–Crippen MR) is 75.9 cm³/mol. The van der Waals surface area contributed by atoms with Crippen LogP contribution in [0.3, 0.4) is 0 Å². The average Bonchev–Trinajstić information content (AvgIpc) is 2.31. The van der Waals surface area contributed by atoms with E-state index in [1.165, 1.54) is 0 Å². The fourth-order valence-corrected chi connectivity index (χ4v) is 1.72. The molecule has 0 spiro atoms. The Kier molecular flexibility index (Phi) is 6.79.